The van der Waals surface area contributed by atoms with Crippen LogP contribution in [-0.2, 0) is 27.3 Å². The second kappa shape index (κ2) is 13.8. The van der Waals surface area contributed by atoms with Crippen molar-refractivity contribution in [1.82, 2.24) is 0 Å². The summed E-state index contributed by atoms with van der Waals surface area (Å²) < 4.78 is 12.2. The van der Waals surface area contributed by atoms with Crippen LogP contribution in [0.3, 0.4) is 0 Å². The smallest absolute Gasteiger partial charge is 0.311 e. The highest BCUT2D eigenvalue weighted by atomic mass is 16.6. The molecule has 8 nitrogen and oxygen atoms in total. The topological polar surface area (TPSA) is 114 Å². The van der Waals surface area contributed by atoms with Crippen LogP contribution in [0.5, 0.6) is 17.2 Å². The number of rotatable bonds is 9. The molecule has 0 fully saturated rings. The van der Waals surface area contributed by atoms with Gasteiger partial charge in [-0.2, -0.15) is 0 Å². The average Bonchev–Trinajstić information content (AvgIpc) is 2.98. The predicted molar refractivity (Wildman–Crippen MR) is 200 cm³/mol. The minimum absolute atomic E-state index is 0.191. The number of aliphatic imine (C=N–C) groups is 1. The van der Waals surface area contributed by atoms with E-state index >= 15 is 0 Å². The Morgan fingerprint density at radius 2 is 1.12 bits per heavy atom. The normalized spacial score (nSPS) is 13.9. The zero-order valence-corrected chi connectivity index (χ0v) is 32.3. The molecule has 8 heteroatoms. The Bertz CT molecular complexity index is 1560. The second-order valence-corrected chi connectivity index (χ2v) is 17.1. The average molecular weight is 675 g/mol. The first-order valence-corrected chi connectivity index (χ1v) is 17.0. The van der Waals surface area contributed by atoms with Gasteiger partial charge in [0.25, 0.3) is 0 Å². The van der Waals surface area contributed by atoms with Gasteiger partial charge in [-0.3, -0.25) is 15.1 Å². The molecule has 0 radical (unpaired) electrons. The van der Waals surface area contributed by atoms with E-state index in [0.29, 0.717) is 17.5 Å². The van der Waals surface area contributed by atoms with E-state index < -0.39 is 28.0 Å². The molecule has 0 aliphatic carbocycles. The van der Waals surface area contributed by atoms with Crippen molar-refractivity contribution in [3.05, 3.63) is 91.5 Å². The zero-order valence-electron chi connectivity index (χ0n) is 32.3. The molecule has 0 heterocycles. The third kappa shape index (κ3) is 7.95. The summed E-state index contributed by atoms with van der Waals surface area (Å²) in [6, 6.07) is 11.7. The molecule has 3 rings (SSSR count). The minimum atomic E-state index is -1.69. The minimum Gasteiger partial charge on any atom is -0.502 e. The molecule has 3 aromatic rings. The molecule has 0 aromatic heterocycles. The number of aliphatic hydroxyl groups is 1. The van der Waals surface area contributed by atoms with Gasteiger partial charge in [-0.1, -0.05) is 96.1 Å². The molecule has 268 valence electrons. The number of phenols is 1. The quantitative estimate of drug-likeness (QED) is 0.133. The molecule has 1 unspecified atom stereocenters. The number of phenolic OH excluding ortho intramolecular Hbond substituents is 1. The van der Waals surface area contributed by atoms with Crippen LogP contribution >= 0.6 is 0 Å². The molecule has 0 bridgehead atoms. The summed E-state index contributed by atoms with van der Waals surface area (Å²) in [6.45, 7) is 27.5. The lowest BCUT2D eigenvalue weighted by Gasteiger charge is -2.40. The summed E-state index contributed by atoms with van der Waals surface area (Å²) in [5.41, 5.74) is 1.84. The Kier molecular flexibility index (Phi) is 11.1. The van der Waals surface area contributed by atoms with Gasteiger partial charge in [0.2, 0.25) is 5.75 Å². The van der Waals surface area contributed by atoms with Crippen LogP contribution < -0.4 is 9.47 Å². The number of nitro groups is 1. The molecule has 2 N–H and O–H groups in total. The molecule has 0 saturated heterocycles. The van der Waals surface area contributed by atoms with Crippen molar-refractivity contribution in [1.29, 1.82) is 0 Å². The fraction of sp³-hybridized carbons (Fsp3) is 0.537. The Hall–Kier alpha value is -3.91. The number of benzene rings is 3. The molecular formula is C41H58N2O6. The van der Waals surface area contributed by atoms with Crippen LogP contribution in [0, 0.1) is 10.1 Å². The molecular weight excluding hydrogens is 616 g/mol. The lowest BCUT2D eigenvalue weighted by atomic mass is 9.70. The molecule has 0 saturated carbocycles. The monoisotopic (exact) mass is 674 g/mol. The molecule has 0 aliphatic rings. The first-order valence-electron chi connectivity index (χ1n) is 17.0. The van der Waals surface area contributed by atoms with Crippen molar-refractivity contribution in [2.75, 3.05) is 14.2 Å². The first kappa shape index (κ1) is 39.5. The summed E-state index contributed by atoms with van der Waals surface area (Å²) >= 11 is 0. The second-order valence-electron chi connectivity index (χ2n) is 17.1. The first-order chi connectivity index (χ1) is 22.3. The van der Waals surface area contributed by atoms with E-state index in [4.69, 9.17) is 14.5 Å². The van der Waals surface area contributed by atoms with Crippen molar-refractivity contribution < 1.29 is 24.6 Å². The van der Waals surface area contributed by atoms with Gasteiger partial charge in [0, 0.05) is 40.1 Å². The maximum Gasteiger partial charge on any atom is 0.311 e. The van der Waals surface area contributed by atoms with Crippen LogP contribution in [0.1, 0.15) is 135 Å². The van der Waals surface area contributed by atoms with Gasteiger partial charge >= 0.3 is 5.69 Å². The Labute approximate surface area is 293 Å². The van der Waals surface area contributed by atoms with Gasteiger partial charge < -0.3 is 19.7 Å². The van der Waals surface area contributed by atoms with Crippen molar-refractivity contribution in [2.45, 2.75) is 130 Å². The molecule has 0 spiro atoms. The standard InChI is InChI=1S/C41H58N2O6/c1-16-33(42-24-25-18-17-19-32(34(25)44)43(46)47)41(45,26-20-28(37(2,3)4)35(48-14)29(21-26)38(5,6)7)27-22-30(39(8,9)10)36(49-15)31(23-27)40(11,12)13/h17-24,33,44-45H,16H2,1-15H3. The summed E-state index contributed by atoms with van der Waals surface area (Å²) in [7, 11) is 3.37. The maximum absolute atomic E-state index is 13.6. The number of aromatic hydroxyl groups is 1. The van der Waals surface area contributed by atoms with Crippen LogP contribution in [0.15, 0.2) is 47.5 Å². The van der Waals surface area contributed by atoms with Crippen LogP contribution in [0.4, 0.5) is 5.69 Å². The summed E-state index contributed by atoms with van der Waals surface area (Å²) in [5, 5.41) is 36.0. The molecule has 49 heavy (non-hydrogen) atoms. The number of hydrogen-bond acceptors (Lipinski definition) is 7. The van der Waals surface area contributed by atoms with Crippen LogP contribution in [-0.4, -0.2) is 41.6 Å². The fourth-order valence-electron chi connectivity index (χ4n) is 6.40. The van der Waals surface area contributed by atoms with Crippen molar-refractivity contribution >= 4 is 11.9 Å². The number of nitro benzene ring substituents is 1. The summed E-state index contributed by atoms with van der Waals surface area (Å²) in [5.74, 6) is 1.09. The number of nitrogens with zero attached hydrogens (tertiary/aromatic N) is 2. The molecule has 1 atom stereocenters. The lowest BCUT2D eigenvalue weighted by molar-refractivity contribution is -0.385. The number of hydrogen-bond donors (Lipinski definition) is 2. The number of para-hydroxylation sites is 1. The van der Waals surface area contributed by atoms with E-state index in [1.807, 2.05) is 31.2 Å². The maximum atomic E-state index is 13.6. The fourth-order valence-corrected chi connectivity index (χ4v) is 6.40. The van der Waals surface area contributed by atoms with Crippen LogP contribution in [0.25, 0.3) is 0 Å². The number of ether oxygens (including phenoxy) is 2. The van der Waals surface area contributed by atoms with Gasteiger partial charge in [-0.25, -0.2) is 0 Å². The SMILES string of the molecule is CCC(N=Cc1cccc([N+](=O)[O-])c1O)C(O)(c1cc(C(C)(C)C)c(OC)c(C(C)(C)C)c1)c1cc(C(C)(C)C)c(OC)c(C(C)(C)C)c1. The van der Waals surface area contributed by atoms with Gasteiger partial charge in [0.1, 0.15) is 17.1 Å². The van der Waals surface area contributed by atoms with E-state index in [0.717, 1.165) is 33.8 Å². The zero-order chi connectivity index (χ0) is 37.5. The van der Waals surface area contributed by atoms with Crippen LogP contribution in [0.2, 0.25) is 0 Å². The van der Waals surface area contributed by atoms with Gasteiger partial charge in [0.05, 0.1) is 25.2 Å². The Morgan fingerprint density at radius 1 is 0.755 bits per heavy atom. The highest BCUT2D eigenvalue weighted by molar-refractivity contribution is 5.85. The van der Waals surface area contributed by atoms with E-state index in [9.17, 15) is 20.3 Å². The molecule has 0 aliphatic heterocycles. The highest BCUT2D eigenvalue weighted by Gasteiger charge is 2.44. The van der Waals surface area contributed by atoms with E-state index in [2.05, 4.69) is 83.1 Å². The predicted octanol–water partition coefficient (Wildman–Crippen LogP) is 9.64. The summed E-state index contributed by atoms with van der Waals surface area (Å²) in [6.07, 6.45) is 1.84. The van der Waals surface area contributed by atoms with E-state index in [1.165, 1.54) is 18.3 Å². The van der Waals surface area contributed by atoms with Crippen molar-refractivity contribution in [2.24, 2.45) is 4.99 Å². The van der Waals surface area contributed by atoms with Crippen molar-refractivity contribution in [3.8, 4) is 17.2 Å². The highest BCUT2D eigenvalue weighted by Crippen LogP contribution is 2.49. The number of methoxy groups -OCH3 is 2. The van der Waals surface area contributed by atoms with E-state index in [-0.39, 0.29) is 27.2 Å². The van der Waals surface area contributed by atoms with Gasteiger partial charge in [0.15, 0.2) is 0 Å². The third-order valence-corrected chi connectivity index (χ3v) is 9.20. The molecule has 0 amide bonds. The largest absolute Gasteiger partial charge is 0.502 e. The van der Waals surface area contributed by atoms with Crippen molar-refractivity contribution in [3.63, 3.8) is 0 Å². The summed E-state index contributed by atoms with van der Waals surface area (Å²) in [4.78, 5) is 15.9. The lowest BCUT2D eigenvalue weighted by Crippen LogP contribution is -2.41. The van der Waals surface area contributed by atoms with Gasteiger partial charge in [-0.15, -0.1) is 0 Å². The van der Waals surface area contributed by atoms with E-state index in [1.54, 1.807) is 20.3 Å². The third-order valence-electron chi connectivity index (χ3n) is 9.20. The molecule has 3 aromatic carbocycles. The Balaban J connectivity index is 2.61. The van der Waals surface area contributed by atoms with Gasteiger partial charge in [-0.05, 0) is 69.5 Å². The Morgan fingerprint density at radius 3 is 1.41 bits per heavy atom.